The van der Waals surface area contributed by atoms with Gasteiger partial charge in [-0.15, -0.1) is 12.3 Å². The minimum Gasteiger partial charge on any atom is -0.393 e. The fraction of sp³-hybridized carbons (Fsp3) is 0.273. The van der Waals surface area contributed by atoms with Crippen LogP contribution in [-0.4, -0.2) is 19.4 Å². The first-order valence-corrected chi connectivity index (χ1v) is 6.76. The predicted molar refractivity (Wildman–Crippen MR) is 70.7 cm³/mol. The van der Waals surface area contributed by atoms with Crippen LogP contribution in [-0.2, 0) is 10.0 Å². The van der Waals surface area contributed by atoms with E-state index in [2.05, 4.69) is 10.6 Å². The van der Waals surface area contributed by atoms with E-state index in [-0.39, 0.29) is 17.0 Å². The summed E-state index contributed by atoms with van der Waals surface area (Å²) in [5.41, 5.74) is 4.85. The Balaban J connectivity index is 3.13. The summed E-state index contributed by atoms with van der Waals surface area (Å²) >= 11 is 0. The SMILES string of the molecule is C#CCC(C)NS(=O)(=O)c1ccc(N)c([N+](=O)[O-])c1. The Morgan fingerprint density at radius 2 is 2.21 bits per heavy atom. The summed E-state index contributed by atoms with van der Waals surface area (Å²) in [7, 11) is -3.86. The molecular weight excluding hydrogens is 270 g/mol. The van der Waals surface area contributed by atoms with Gasteiger partial charge in [-0.1, -0.05) is 0 Å². The maximum absolute atomic E-state index is 12.0. The number of nitrogens with two attached hydrogens (primary N) is 1. The van der Waals surface area contributed by atoms with Crippen molar-refractivity contribution in [1.29, 1.82) is 0 Å². The average molecular weight is 283 g/mol. The van der Waals surface area contributed by atoms with Crippen LogP contribution in [0, 0.1) is 22.5 Å². The van der Waals surface area contributed by atoms with Gasteiger partial charge in [0.05, 0.1) is 9.82 Å². The Hall–Kier alpha value is -2.11. The maximum atomic E-state index is 12.0. The Morgan fingerprint density at radius 1 is 1.58 bits per heavy atom. The van der Waals surface area contributed by atoms with Gasteiger partial charge in [-0.25, -0.2) is 13.1 Å². The highest BCUT2D eigenvalue weighted by atomic mass is 32.2. The topological polar surface area (TPSA) is 115 Å². The Bertz CT molecular complexity index is 634. The lowest BCUT2D eigenvalue weighted by Crippen LogP contribution is -2.32. The monoisotopic (exact) mass is 283 g/mol. The molecule has 1 rings (SSSR count). The minimum atomic E-state index is -3.86. The number of nitrogens with one attached hydrogen (secondary N) is 1. The van der Waals surface area contributed by atoms with Gasteiger partial charge in [0.1, 0.15) is 5.69 Å². The zero-order valence-corrected chi connectivity index (χ0v) is 11.0. The Morgan fingerprint density at radius 3 is 2.74 bits per heavy atom. The number of terminal acetylenes is 1. The number of hydrogen-bond donors (Lipinski definition) is 2. The van der Waals surface area contributed by atoms with E-state index in [0.717, 1.165) is 6.07 Å². The highest BCUT2D eigenvalue weighted by molar-refractivity contribution is 7.89. The molecule has 0 aromatic heterocycles. The van der Waals surface area contributed by atoms with Crippen molar-refractivity contribution < 1.29 is 13.3 Å². The minimum absolute atomic E-state index is 0.0966. The molecule has 1 aromatic rings. The molecule has 0 heterocycles. The smallest absolute Gasteiger partial charge is 0.293 e. The number of nitrogens with zero attached hydrogens (tertiary/aromatic N) is 1. The first-order valence-electron chi connectivity index (χ1n) is 5.27. The maximum Gasteiger partial charge on any atom is 0.293 e. The Labute approximate surface area is 111 Å². The molecule has 102 valence electrons. The van der Waals surface area contributed by atoms with Gasteiger partial charge >= 0.3 is 0 Å². The largest absolute Gasteiger partial charge is 0.393 e. The highest BCUT2D eigenvalue weighted by Gasteiger charge is 2.21. The zero-order chi connectivity index (χ0) is 14.6. The third-order valence-electron chi connectivity index (χ3n) is 2.29. The third kappa shape index (κ3) is 3.67. The molecule has 19 heavy (non-hydrogen) atoms. The number of nitro benzene ring substituents is 1. The molecular formula is C11H13N3O4S. The van der Waals surface area contributed by atoms with Crippen molar-refractivity contribution in [2.75, 3.05) is 5.73 Å². The second-order valence-corrected chi connectivity index (χ2v) is 5.62. The summed E-state index contributed by atoms with van der Waals surface area (Å²) in [5.74, 6) is 2.33. The van der Waals surface area contributed by atoms with Gasteiger partial charge in [0.2, 0.25) is 10.0 Å². The second kappa shape index (κ2) is 5.69. The first kappa shape index (κ1) is 14.9. The van der Waals surface area contributed by atoms with E-state index in [1.807, 2.05) is 0 Å². The molecule has 0 saturated carbocycles. The molecule has 0 spiro atoms. The van der Waals surface area contributed by atoms with E-state index < -0.39 is 26.7 Å². The van der Waals surface area contributed by atoms with Crippen LogP contribution in [0.25, 0.3) is 0 Å². The molecule has 1 aromatic carbocycles. The van der Waals surface area contributed by atoms with Crippen LogP contribution in [0.1, 0.15) is 13.3 Å². The number of nitrogen functional groups attached to an aromatic ring is 1. The van der Waals surface area contributed by atoms with E-state index in [1.54, 1.807) is 6.92 Å². The predicted octanol–water partition coefficient (Wildman–Crippen LogP) is 0.867. The molecule has 1 atom stereocenters. The molecule has 0 bridgehead atoms. The summed E-state index contributed by atoms with van der Waals surface area (Å²) < 4.78 is 26.2. The first-order chi connectivity index (χ1) is 8.77. The van der Waals surface area contributed by atoms with Gasteiger partial charge in [0.25, 0.3) is 5.69 Å². The third-order valence-corrected chi connectivity index (χ3v) is 3.88. The number of rotatable bonds is 5. The number of sulfonamides is 1. The standard InChI is InChI=1S/C11H13N3O4S/c1-3-4-8(2)13-19(17,18)9-5-6-10(12)11(7-9)14(15)16/h1,5-8,13H,4,12H2,2H3. The van der Waals surface area contributed by atoms with Crippen LogP contribution < -0.4 is 10.5 Å². The van der Waals surface area contributed by atoms with E-state index >= 15 is 0 Å². The second-order valence-electron chi connectivity index (χ2n) is 3.91. The summed E-state index contributed by atoms with van der Waals surface area (Å²) in [6.07, 6.45) is 5.30. The summed E-state index contributed by atoms with van der Waals surface area (Å²) in [5, 5.41) is 10.7. The lowest BCUT2D eigenvalue weighted by molar-refractivity contribution is -0.384. The molecule has 0 aliphatic carbocycles. The molecule has 3 N–H and O–H groups in total. The van der Waals surface area contributed by atoms with Gasteiger partial charge in [-0.05, 0) is 19.1 Å². The van der Waals surface area contributed by atoms with Crippen LogP contribution in [0.3, 0.4) is 0 Å². The molecule has 0 saturated heterocycles. The van der Waals surface area contributed by atoms with Crippen molar-refractivity contribution in [3.05, 3.63) is 28.3 Å². The van der Waals surface area contributed by atoms with Crippen molar-refractivity contribution in [1.82, 2.24) is 4.72 Å². The van der Waals surface area contributed by atoms with Gasteiger partial charge in [-0.3, -0.25) is 10.1 Å². The van der Waals surface area contributed by atoms with Crippen molar-refractivity contribution in [3.8, 4) is 12.3 Å². The van der Waals surface area contributed by atoms with Crippen LogP contribution in [0.15, 0.2) is 23.1 Å². The van der Waals surface area contributed by atoms with Crippen LogP contribution in [0.4, 0.5) is 11.4 Å². The van der Waals surface area contributed by atoms with Gasteiger partial charge in [0, 0.05) is 18.5 Å². The lowest BCUT2D eigenvalue weighted by Gasteiger charge is -2.11. The molecule has 0 aliphatic rings. The van der Waals surface area contributed by atoms with Crippen molar-refractivity contribution in [2.24, 2.45) is 0 Å². The van der Waals surface area contributed by atoms with Gasteiger partial charge in [-0.2, -0.15) is 0 Å². The van der Waals surface area contributed by atoms with Crippen LogP contribution in [0.5, 0.6) is 0 Å². The number of hydrogen-bond acceptors (Lipinski definition) is 5. The van der Waals surface area contributed by atoms with E-state index in [4.69, 9.17) is 12.2 Å². The van der Waals surface area contributed by atoms with E-state index in [0.29, 0.717) is 0 Å². The normalized spacial score (nSPS) is 12.6. The van der Waals surface area contributed by atoms with Crippen molar-refractivity contribution in [3.63, 3.8) is 0 Å². The highest BCUT2D eigenvalue weighted by Crippen LogP contribution is 2.24. The summed E-state index contributed by atoms with van der Waals surface area (Å²) in [6, 6.07) is 2.83. The van der Waals surface area contributed by atoms with Crippen LogP contribution in [0.2, 0.25) is 0 Å². The molecule has 7 nitrogen and oxygen atoms in total. The molecule has 0 fully saturated rings. The number of benzene rings is 1. The van der Waals surface area contributed by atoms with Crippen LogP contribution >= 0.6 is 0 Å². The summed E-state index contributed by atoms with van der Waals surface area (Å²) in [6.45, 7) is 1.60. The number of nitro groups is 1. The van der Waals surface area contributed by atoms with E-state index in [9.17, 15) is 18.5 Å². The van der Waals surface area contributed by atoms with Gasteiger partial charge < -0.3 is 5.73 Å². The fourth-order valence-corrected chi connectivity index (χ4v) is 2.66. The van der Waals surface area contributed by atoms with Crippen molar-refractivity contribution in [2.45, 2.75) is 24.3 Å². The molecule has 0 radical (unpaired) electrons. The quantitative estimate of drug-likeness (QED) is 0.360. The molecule has 0 aliphatic heterocycles. The zero-order valence-electron chi connectivity index (χ0n) is 10.2. The van der Waals surface area contributed by atoms with Gasteiger partial charge in [0.15, 0.2) is 0 Å². The lowest BCUT2D eigenvalue weighted by atomic mass is 10.3. The summed E-state index contributed by atoms with van der Waals surface area (Å²) in [4.78, 5) is 9.75. The fourth-order valence-electron chi connectivity index (χ4n) is 1.40. The Kier molecular flexibility index (Phi) is 4.47. The molecule has 0 amide bonds. The average Bonchev–Trinajstić information content (AvgIpc) is 2.28. The molecule has 1 unspecified atom stereocenters. The molecule has 8 heteroatoms. The van der Waals surface area contributed by atoms with E-state index in [1.165, 1.54) is 12.1 Å². The van der Waals surface area contributed by atoms with Crippen molar-refractivity contribution >= 4 is 21.4 Å². The number of anilines is 1.